The van der Waals surface area contributed by atoms with E-state index < -0.39 is 5.54 Å². The Balaban J connectivity index is 4.33. The van der Waals surface area contributed by atoms with Crippen LogP contribution in [0.3, 0.4) is 0 Å². The summed E-state index contributed by atoms with van der Waals surface area (Å²) in [6, 6.07) is 0.212. The molecule has 0 aliphatic rings. The second-order valence-electron chi connectivity index (χ2n) is 3.90. The van der Waals surface area contributed by atoms with Crippen LogP contribution in [0.15, 0.2) is 0 Å². The largest absolute Gasteiger partial charge is 0.468 e. The van der Waals surface area contributed by atoms with Crippen LogP contribution in [-0.2, 0) is 9.53 Å². The molecule has 0 radical (unpaired) electrons. The van der Waals surface area contributed by atoms with Gasteiger partial charge in [0, 0.05) is 17.5 Å². The van der Waals surface area contributed by atoms with E-state index in [-0.39, 0.29) is 18.6 Å². The molecule has 0 aromatic carbocycles. The third-order valence-electron chi connectivity index (χ3n) is 1.87. The number of esters is 1. The molecule has 0 aliphatic carbocycles. The fourth-order valence-corrected chi connectivity index (χ4v) is 2.25. The van der Waals surface area contributed by atoms with Gasteiger partial charge in [-0.15, -0.1) is 0 Å². The average Bonchev–Trinajstić information content (AvgIpc) is 2.15. The van der Waals surface area contributed by atoms with Gasteiger partial charge in [0.2, 0.25) is 0 Å². The van der Waals surface area contributed by atoms with Gasteiger partial charge < -0.3 is 9.84 Å². The standard InChI is InChI=1S/C10H21NO3S/c1-8(2)11-10(3,9(13)14-4)7-15-6-5-12/h8,11-12H,5-7H2,1-4H3. The van der Waals surface area contributed by atoms with Gasteiger partial charge in [0.15, 0.2) is 0 Å². The molecule has 5 heteroatoms. The molecular formula is C10H21NO3S. The lowest BCUT2D eigenvalue weighted by atomic mass is 10.0. The Morgan fingerprint density at radius 2 is 2.20 bits per heavy atom. The molecule has 0 rings (SSSR count). The van der Waals surface area contributed by atoms with Gasteiger partial charge >= 0.3 is 5.97 Å². The zero-order valence-electron chi connectivity index (χ0n) is 9.87. The highest BCUT2D eigenvalue weighted by Gasteiger charge is 2.34. The van der Waals surface area contributed by atoms with Crippen LogP contribution < -0.4 is 5.32 Å². The molecule has 0 aliphatic heterocycles. The van der Waals surface area contributed by atoms with Crippen molar-refractivity contribution >= 4 is 17.7 Å². The number of hydrogen-bond donors (Lipinski definition) is 2. The normalized spacial score (nSPS) is 15.1. The molecule has 4 nitrogen and oxygen atoms in total. The highest BCUT2D eigenvalue weighted by atomic mass is 32.2. The van der Waals surface area contributed by atoms with Crippen molar-refractivity contribution in [3.63, 3.8) is 0 Å². The number of hydrogen-bond acceptors (Lipinski definition) is 5. The molecule has 0 heterocycles. The van der Waals surface area contributed by atoms with Gasteiger partial charge in [-0.3, -0.25) is 10.1 Å². The Morgan fingerprint density at radius 3 is 2.60 bits per heavy atom. The summed E-state index contributed by atoms with van der Waals surface area (Å²) < 4.78 is 4.77. The Morgan fingerprint density at radius 1 is 1.60 bits per heavy atom. The molecule has 0 saturated carbocycles. The van der Waals surface area contributed by atoms with Crippen LogP contribution in [0.25, 0.3) is 0 Å². The zero-order valence-corrected chi connectivity index (χ0v) is 10.7. The molecular weight excluding hydrogens is 214 g/mol. The van der Waals surface area contributed by atoms with Crippen LogP contribution in [0, 0.1) is 0 Å². The predicted molar refractivity (Wildman–Crippen MR) is 63.1 cm³/mol. The summed E-state index contributed by atoms with van der Waals surface area (Å²) in [7, 11) is 1.39. The molecule has 0 aromatic heterocycles. The Bertz CT molecular complexity index is 199. The zero-order chi connectivity index (χ0) is 11.9. The first kappa shape index (κ1) is 14.7. The highest BCUT2D eigenvalue weighted by Crippen LogP contribution is 2.15. The Hall–Kier alpha value is -0.260. The van der Waals surface area contributed by atoms with Crippen LogP contribution in [-0.4, -0.2) is 47.9 Å². The lowest BCUT2D eigenvalue weighted by Crippen LogP contribution is -2.55. The van der Waals surface area contributed by atoms with Gasteiger partial charge in [-0.2, -0.15) is 11.8 Å². The van der Waals surface area contributed by atoms with E-state index in [1.54, 1.807) is 0 Å². The number of aliphatic hydroxyl groups is 1. The van der Waals surface area contributed by atoms with Crippen molar-refractivity contribution in [2.75, 3.05) is 25.2 Å². The van der Waals surface area contributed by atoms with E-state index >= 15 is 0 Å². The number of aliphatic hydroxyl groups excluding tert-OH is 1. The summed E-state index contributed by atoms with van der Waals surface area (Å²) in [4.78, 5) is 11.6. The van der Waals surface area contributed by atoms with Gasteiger partial charge in [-0.25, -0.2) is 0 Å². The molecule has 0 saturated heterocycles. The van der Waals surface area contributed by atoms with Crippen LogP contribution in [0.5, 0.6) is 0 Å². The molecule has 0 amide bonds. The number of carbonyl (C=O) groups is 1. The summed E-state index contributed by atoms with van der Waals surface area (Å²) in [6.07, 6.45) is 0. The number of methoxy groups -OCH3 is 1. The van der Waals surface area contributed by atoms with Crippen molar-refractivity contribution in [2.45, 2.75) is 32.4 Å². The molecule has 90 valence electrons. The van der Waals surface area contributed by atoms with E-state index in [1.165, 1.54) is 18.9 Å². The number of rotatable bonds is 7. The minimum Gasteiger partial charge on any atom is -0.468 e. The topological polar surface area (TPSA) is 58.6 Å². The van der Waals surface area contributed by atoms with E-state index in [2.05, 4.69) is 5.32 Å². The monoisotopic (exact) mass is 235 g/mol. The Kier molecular flexibility index (Phi) is 6.96. The number of ether oxygens (including phenoxy) is 1. The molecule has 0 bridgehead atoms. The van der Waals surface area contributed by atoms with Crippen LogP contribution >= 0.6 is 11.8 Å². The van der Waals surface area contributed by atoms with Crippen LogP contribution in [0.1, 0.15) is 20.8 Å². The van der Waals surface area contributed by atoms with Gasteiger partial charge in [0.1, 0.15) is 5.54 Å². The third-order valence-corrected chi connectivity index (χ3v) is 3.12. The maximum atomic E-state index is 11.6. The summed E-state index contributed by atoms with van der Waals surface area (Å²) in [6.45, 7) is 5.92. The summed E-state index contributed by atoms with van der Waals surface area (Å²) in [5.74, 6) is 0.965. The van der Waals surface area contributed by atoms with Crippen LogP contribution in [0.2, 0.25) is 0 Å². The van der Waals surface area contributed by atoms with E-state index in [1.807, 2.05) is 20.8 Å². The second-order valence-corrected chi connectivity index (χ2v) is 5.00. The number of thioether (sulfide) groups is 1. The molecule has 1 unspecified atom stereocenters. The number of carbonyl (C=O) groups excluding carboxylic acids is 1. The van der Waals surface area contributed by atoms with Crippen molar-refractivity contribution in [3.05, 3.63) is 0 Å². The van der Waals surface area contributed by atoms with Gasteiger partial charge in [0.25, 0.3) is 0 Å². The van der Waals surface area contributed by atoms with Gasteiger partial charge in [0.05, 0.1) is 13.7 Å². The van der Waals surface area contributed by atoms with Gasteiger partial charge in [-0.1, -0.05) is 0 Å². The molecule has 0 aromatic rings. The smallest absolute Gasteiger partial charge is 0.326 e. The molecule has 0 fully saturated rings. The quantitative estimate of drug-likeness (QED) is 0.501. The van der Waals surface area contributed by atoms with Crippen molar-refractivity contribution < 1.29 is 14.6 Å². The predicted octanol–water partition coefficient (Wildman–Crippen LogP) is 0.642. The summed E-state index contributed by atoms with van der Waals surface area (Å²) in [5, 5.41) is 11.9. The SMILES string of the molecule is COC(=O)C(C)(CSCCO)NC(C)C. The molecule has 15 heavy (non-hydrogen) atoms. The van der Waals surface area contributed by atoms with E-state index in [4.69, 9.17) is 9.84 Å². The van der Waals surface area contributed by atoms with Crippen molar-refractivity contribution in [1.82, 2.24) is 5.32 Å². The van der Waals surface area contributed by atoms with Crippen molar-refractivity contribution in [2.24, 2.45) is 0 Å². The maximum Gasteiger partial charge on any atom is 0.326 e. The fourth-order valence-electron chi connectivity index (χ4n) is 1.36. The van der Waals surface area contributed by atoms with E-state index in [0.29, 0.717) is 11.5 Å². The highest BCUT2D eigenvalue weighted by molar-refractivity contribution is 7.99. The first-order valence-corrected chi connectivity index (χ1v) is 6.16. The summed E-state index contributed by atoms with van der Waals surface area (Å²) in [5.41, 5.74) is -0.678. The second kappa shape index (κ2) is 7.09. The number of nitrogens with one attached hydrogen (secondary N) is 1. The van der Waals surface area contributed by atoms with Crippen molar-refractivity contribution in [1.29, 1.82) is 0 Å². The Labute approximate surface area is 95.8 Å². The lowest BCUT2D eigenvalue weighted by molar-refractivity contribution is -0.147. The van der Waals surface area contributed by atoms with E-state index in [0.717, 1.165) is 0 Å². The minimum absolute atomic E-state index is 0.129. The fraction of sp³-hybridized carbons (Fsp3) is 0.900. The molecule has 0 spiro atoms. The van der Waals surface area contributed by atoms with Crippen LogP contribution in [0.4, 0.5) is 0 Å². The first-order valence-electron chi connectivity index (χ1n) is 5.01. The van der Waals surface area contributed by atoms with E-state index in [9.17, 15) is 4.79 Å². The van der Waals surface area contributed by atoms with Crippen molar-refractivity contribution in [3.8, 4) is 0 Å². The maximum absolute atomic E-state index is 11.6. The average molecular weight is 235 g/mol. The van der Waals surface area contributed by atoms with Gasteiger partial charge in [-0.05, 0) is 20.8 Å². The minimum atomic E-state index is -0.678. The summed E-state index contributed by atoms with van der Waals surface area (Å²) >= 11 is 1.53. The first-order chi connectivity index (χ1) is 6.96. The lowest BCUT2D eigenvalue weighted by Gasteiger charge is -2.29. The molecule has 2 N–H and O–H groups in total. The third kappa shape index (κ3) is 5.39. The molecule has 1 atom stereocenters.